The van der Waals surface area contributed by atoms with Gasteiger partial charge in [0, 0.05) is 38.3 Å². The van der Waals surface area contributed by atoms with Crippen LogP contribution in [0, 0.1) is 0 Å². The van der Waals surface area contributed by atoms with Crippen molar-refractivity contribution in [1.82, 2.24) is 21.3 Å². The van der Waals surface area contributed by atoms with Crippen LogP contribution in [0.1, 0.15) is 44.5 Å². The van der Waals surface area contributed by atoms with Crippen LogP contribution in [-0.2, 0) is 4.74 Å². The van der Waals surface area contributed by atoms with Crippen LogP contribution in [0.25, 0.3) is 0 Å². The summed E-state index contributed by atoms with van der Waals surface area (Å²) in [5.74, 6) is 0.575. The molecule has 0 aromatic heterocycles. The van der Waals surface area contributed by atoms with Gasteiger partial charge in [0.05, 0.1) is 0 Å². The summed E-state index contributed by atoms with van der Waals surface area (Å²) >= 11 is 0. The maximum Gasteiger partial charge on any atom is 0.407 e. The van der Waals surface area contributed by atoms with Crippen LogP contribution in [0.3, 0.4) is 0 Å². The monoisotopic (exact) mass is 391 g/mol. The van der Waals surface area contributed by atoms with Crippen LogP contribution < -0.4 is 21.3 Å². The van der Waals surface area contributed by atoms with Gasteiger partial charge in [0.2, 0.25) is 0 Å². The van der Waals surface area contributed by atoms with E-state index in [2.05, 4.69) is 26.3 Å². The predicted octanol–water partition coefficient (Wildman–Crippen LogP) is 1.89. The molecular weight excluding hydrogens is 358 g/mol. The lowest BCUT2D eigenvalue weighted by Crippen LogP contribution is -2.41. The van der Waals surface area contributed by atoms with Crippen molar-refractivity contribution in [2.45, 2.75) is 39.7 Å². The normalized spacial score (nSPS) is 11.5. The minimum absolute atomic E-state index is 0.0995. The van der Waals surface area contributed by atoms with Crippen molar-refractivity contribution in [1.29, 1.82) is 0 Å². The molecule has 0 aliphatic heterocycles. The zero-order valence-electron chi connectivity index (χ0n) is 17.3. The van der Waals surface area contributed by atoms with E-state index in [0.29, 0.717) is 44.1 Å². The van der Waals surface area contributed by atoms with E-state index in [-0.39, 0.29) is 5.91 Å². The Morgan fingerprint density at radius 3 is 2.29 bits per heavy atom. The number of nitrogens with zero attached hydrogens (tertiary/aromatic N) is 1. The lowest BCUT2D eigenvalue weighted by molar-refractivity contribution is 0.0527. The Morgan fingerprint density at radius 1 is 0.964 bits per heavy atom. The summed E-state index contributed by atoms with van der Waals surface area (Å²) < 4.78 is 5.18. The quantitative estimate of drug-likeness (QED) is 0.292. The summed E-state index contributed by atoms with van der Waals surface area (Å²) in [6.07, 6.45) is 0.274. The molecular formula is C20H33N5O3. The number of guanidine groups is 1. The maximum absolute atomic E-state index is 12.0. The van der Waals surface area contributed by atoms with Gasteiger partial charge in [-0.2, -0.15) is 0 Å². The number of carbonyl (C=O) groups is 2. The zero-order valence-corrected chi connectivity index (χ0v) is 17.3. The average Bonchev–Trinajstić information content (AvgIpc) is 2.63. The molecule has 1 aromatic carbocycles. The summed E-state index contributed by atoms with van der Waals surface area (Å²) in [5.41, 5.74) is 0.140. The molecule has 156 valence electrons. The highest BCUT2D eigenvalue weighted by atomic mass is 16.6. The minimum atomic E-state index is -0.500. The molecule has 8 heteroatoms. The molecule has 2 amide bonds. The number of hydrogen-bond donors (Lipinski definition) is 4. The second kappa shape index (κ2) is 12.6. The summed E-state index contributed by atoms with van der Waals surface area (Å²) in [5, 5.41) is 11.9. The molecule has 0 saturated heterocycles. The smallest absolute Gasteiger partial charge is 0.407 e. The molecule has 28 heavy (non-hydrogen) atoms. The first-order valence-electron chi connectivity index (χ1n) is 9.64. The van der Waals surface area contributed by atoms with E-state index in [1.54, 1.807) is 12.1 Å². The number of alkyl carbamates (subject to hydrolysis) is 1. The molecule has 0 heterocycles. The third-order valence-electron chi connectivity index (χ3n) is 3.36. The van der Waals surface area contributed by atoms with Crippen LogP contribution in [-0.4, -0.2) is 56.3 Å². The van der Waals surface area contributed by atoms with Gasteiger partial charge in [-0.1, -0.05) is 18.2 Å². The fourth-order valence-electron chi connectivity index (χ4n) is 2.16. The Hall–Kier alpha value is -2.77. The van der Waals surface area contributed by atoms with Gasteiger partial charge in [-0.25, -0.2) is 4.79 Å². The van der Waals surface area contributed by atoms with Gasteiger partial charge in [0.1, 0.15) is 5.60 Å². The van der Waals surface area contributed by atoms with Gasteiger partial charge < -0.3 is 26.0 Å². The number of amides is 2. The van der Waals surface area contributed by atoms with Crippen molar-refractivity contribution in [2.75, 3.05) is 32.7 Å². The predicted molar refractivity (Wildman–Crippen MR) is 112 cm³/mol. The molecule has 0 aliphatic rings. The van der Waals surface area contributed by atoms with Crippen molar-refractivity contribution < 1.29 is 14.3 Å². The van der Waals surface area contributed by atoms with Gasteiger partial charge in [0.25, 0.3) is 5.91 Å². The van der Waals surface area contributed by atoms with Crippen LogP contribution in [0.2, 0.25) is 0 Å². The lowest BCUT2D eigenvalue weighted by atomic mass is 10.2. The number of ether oxygens (including phenoxy) is 1. The van der Waals surface area contributed by atoms with E-state index in [1.165, 1.54) is 0 Å². The van der Waals surface area contributed by atoms with Crippen LogP contribution in [0.4, 0.5) is 4.79 Å². The lowest BCUT2D eigenvalue weighted by Gasteiger charge is -2.19. The van der Waals surface area contributed by atoms with Gasteiger partial charge in [-0.3, -0.25) is 9.79 Å². The number of carbonyl (C=O) groups excluding carboxylic acids is 2. The fourth-order valence-corrected chi connectivity index (χ4v) is 2.16. The molecule has 1 rings (SSSR count). The van der Waals surface area contributed by atoms with Gasteiger partial charge in [0.15, 0.2) is 5.96 Å². The Labute approximate surface area is 167 Å². The number of hydrogen-bond acceptors (Lipinski definition) is 4. The molecule has 8 nitrogen and oxygen atoms in total. The number of rotatable bonds is 9. The van der Waals surface area contributed by atoms with E-state index in [9.17, 15) is 9.59 Å². The van der Waals surface area contributed by atoms with Crippen molar-refractivity contribution in [2.24, 2.45) is 4.99 Å². The highest BCUT2D eigenvalue weighted by Crippen LogP contribution is 2.06. The largest absolute Gasteiger partial charge is 0.444 e. The van der Waals surface area contributed by atoms with Crippen LogP contribution in [0.15, 0.2) is 35.3 Å². The highest BCUT2D eigenvalue weighted by Gasteiger charge is 2.15. The molecule has 0 aliphatic carbocycles. The summed E-state index contributed by atoms with van der Waals surface area (Å²) in [7, 11) is 0. The molecule has 0 bridgehead atoms. The first-order chi connectivity index (χ1) is 13.3. The molecule has 0 atom stereocenters. The van der Waals surface area contributed by atoms with E-state index in [0.717, 1.165) is 6.54 Å². The zero-order chi connectivity index (χ0) is 20.8. The van der Waals surface area contributed by atoms with Crippen molar-refractivity contribution in [3.05, 3.63) is 35.9 Å². The summed E-state index contributed by atoms with van der Waals surface area (Å²) in [6, 6.07) is 9.10. The standard InChI is InChI=1S/C20H33N5O3/c1-5-21-18(23-12-9-13-25-19(27)28-20(2,3)4)24-15-14-22-17(26)16-10-7-6-8-11-16/h6-8,10-11H,5,9,12-15H2,1-4H3,(H,22,26)(H,25,27)(H2,21,23,24). The molecule has 1 aromatic rings. The van der Waals surface area contributed by atoms with Crippen molar-refractivity contribution in [3.8, 4) is 0 Å². The molecule has 0 spiro atoms. The maximum atomic E-state index is 12.0. The van der Waals surface area contributed by atoms with E-state index < -0.39 is 11.7 Å². The molecule has 0 fully saturated rings. The van der Waals surface area contributed by atoms with E-state index in [1.807, 2.05) is 45.9 Å². The second-order valence-corrected chi connectivity index (χ2v) is 7.09. The SMILES string of the molecule is CCNC(=NCCCNC(=O)OC(C)(C)C)NCCNC(=O)c1ccccc1. The Morgan fingerprint density at radius 2 is 1.64 bits per heavy atom. The number of nitrogens with one attached hydrogen (secondary N) is 4. The molecule has 0 radical (unpaired) electrons. The third-order valence-corrected chi connectivity index (χ3v) is 3.36. The fraction of sp³-hybridized carbons (Fsp3) is 0.550. The number of aliphatic imine (C=N–C) groups is 1. The van der Waals surface area contributed by atoms with Crippen molar-refractivity contribution in [3.63, 3.8) is 0 Å². The molecule has 0 unspecified atom stereocenters. The van der Waals surface area contributed by atoms with Crippen molar-refractivity contribution >= 4 is 18.0 Å². The Kier molecular flexibility index (Phi) is 10.5. The van der Waals surface area contributed by atoms with E-state index in [4.69, 9.17) is 4.74 Å². The third kappa shape index (κ3) is 11.1. The van der Waals surface area contributed by atoms with Gasteiger partial charge >= 0.3 is 6.09 Å². The van der Waals surface area contributed by atoms with Gasteiger partial charge in [-0.05, 0) is 46.2 Å². The van der Waals surface area contributed by atoms with Crippen LogP contribution in [0.5, 0.6) is 0 Å². The first-order valence-corrected chi connectivity index (χ1v) is 9.64. The molecule has 4 N–H and O–H groups in total. The van der Waals surface area contributed by atoms with Crippen LogP contribution >= 0.6 is 0 Å². The first kappa shape index (κ1) is 23.3. The average molecular weight is 392 g/mol. The second-order valence-electron chi connectivity index (χ2n) is 7.09. The molecule has 0 saturated carbocycles. The Balaban J connectivity index is 2.24. The summed E-state index contributed by atoms with van der Waals surface area (Å²) in [6.45, 7) is 10.3. The minimum Gasteiger partial charge on any atom is -0.444 e. The Bertz CT molecular complexity index is 626. The number of benzene rings is 1. The summed E-state index contributed by atoms with van der Waals surface area (Å²) in [4.78, 5) is 28.0. The topological polar surface area (TPSA) is 104 Å². The van der Waals surface area contributed by atoms with E-state index >= 15 is 0 Å². The highest BCUT2D eigenvalue weighted by molar-refractivity contribution is 5.94. The van der Waals surface area contributed by atoms with Gasteiger partial charge in [-0.15, -0.1) is 0 Å².